The molecule has 68 valence electrons. The van der Waals surface area contributed by atoms with Crippen molar-refractivity contribution in [3.63, 3.8) is 0 Å². The van der Waals surface area contributed by atoms with E-state index in [0.29, 0.717) is 5.54 Å². The van der Waals surface area contributed by atoms with Crippen LogP contribution in [0.1, 0.15) is 19.3 Å². The zero-order valence-electron chi connectivity index (χ0n) is 6.56. The van der Waals surface area contributed by atoms with Gasteiger partial charge in [-0.3, -0.25) is 0 Å². The molecule has 0 amide bonds. The molecule has 2 fully saturated rings. The molecule has 11 heavy (non-hydrogen) atoms. The molecule has 1 atom stereocenters. The highest BCUT2D eigenvalue weighted by Gasteiger charge is 2.35. The van der Waals surface area contributed by atoms with Gasteiger partial charge in [0.1, 0.15) is 0 Å². The Hall–Kier alpha value is 0.500. The fourth-order valence-electron chi connectivity index (χ4n) is 1.98. The van der Waals surface area contributed by atoms with Crippen LogP contribution < -0.4 is 10.6 Å². The van der Waals surface area contributed by atoms with E-state index in [0.717, 1.165) is 0 Å². The molecule has 2 rings (SSSR count). The molecule has 0 aromatic carbocycles. The maximum Gasteiger partial charge on any atom is 0.0318 e. The first-order valence-corrected chi connectivity index (χ1v) is 3.87. The lowest BCUT2D eigenvalue weighted by Gasteiger charge is -2.21. The summed E-state index contributed by atoms with van der Waals surface area (Å²) in [6, 6.07) is 0. The van der Waals surface area contributed by atoms with Crippen molar-refractivity contribution >= 4 is 24.8 Å². The van der Waals surface area contributed by atoms with Gasteiger partial charge in [0, 0.05) is 12.1 Å². The summed E-state index contributed by atoms with van der Waals surface area (Å²) in [5.74, 6) is 0. The molecule has 1 spiro atoms. The Labute approximate surface area is 80.3 Å². The summed E-state index contributed by atoms with van der Waals surface area (Å²) in [6.07, 6.45) is 4.11. The van der Waals surface area contributed by atoms with Gasteiger partial charge in [-0.25, -0.2) is 0 Å². The van der Waals surface area contributed by atoms with Gasteiger partial charge in [-0.2, -0.15) is 0 Å². The lowest BCUT2D eigenvalue weighted by Crippen LogP contribution is -2.41. The van der Waals surface area contributed by atoms with Crippen LogP contribution in [-0.2, 0) is 0 Å². The Balaban J connectivity index is 0.000000500. The van der Waals surface area contributed by atoms with Crippen LogP contribution in [0.15, 0.2) is 0 Å². The van der Waals surface area contributed by atoms with Crippen LogP contribution in [0.5, 0.6) is 0 Å². The average Bonchev–Trinajstić information content (AvgIpc) is 2.45. The minimum atomic E-state index is 0. The van der Waals surface area contributed by atoms with Gasteiger partial charge in [-0.05, 0) is 32.4 Å². The van der Waals surface area contributed by atoms with Crippen LogP contribution in [-0.4, -0.2) is 25.2 Å². The molecule has 2 heterocycles. The summed E-state index contributed by atoms with van der Waals surface area (Å²) < 4.78 is 0. The smallest absolute Gasteiger partial charge is 0.0318 e. The van der Waals surface area contributed by atoms with Crippen LogP contribution >= 0.6 is 24.8 Å². The average molecular weight is 199 g/mol. The Kier molecular flexibility index (Phi) is 4.71. The van der Waals surface area contributed by atoms with E-state index in [4.69, 9.17) is 0 Å². The molecule has 0 aromatic heterocycles. The van der Waals surface area contributed by atoms with Crippen LogP contribution in [0.25, 0.3) is 0 Å². The number of rotatable bonds is 0. The molecule has 0 aliphatic carbocycles. The maximum absolute atomic E-state index is 3.57. The minimum Gasteiger partial charge on any atom is -0.315 e. The summed E-state index contributed by atoms with van der Waals surface area (Å²) in [5, 5.41) is 6.96. The molecule has 0 bridgehead atoms. The first kappa shape index (κ1) is 11.5. The monoisotopic (exact) mass is 198 g/mol. The lowest BCUT2D eigenvalue weighted by molar-refractivity contribution is 0.414. The van der Waals surface area contributed by atoms with Gasteiger partial charge in [0.05, 0.1) is 0 Å². The zero-order chi connectivity index (χ0) is 6.16. The molecule has 2 aliphatic heterocycles. The Morgan fingerprint density at radius 2 is 1.82 bits per heavy atom. The van der Waals surface area contributed by atoms with Gasteiger partial charge in [-0.1, -0.05) is 0 Å². The molecular weight excluding hydrogens is 183 g/mol. The molecular formula is C7H16Cl2N2. The topological polar surface area (TPSA) is 24.1 Å². The van der Waals surface area contributed by atoms with Gasteiger partial charge in [-0.15, -0.1) is 24.8 Å². The molecule has 2 N–H and O–H groups in total. The van der Waals surface area contributed by atoms with E-state index in [-0.39, 0.29) is 24.8 Å². The summed E-state index contributed by atoms with van der Waals surface area (Å²) in [7, 11) is 0. The van der Waals surface area contributed by atoms with Gasteiger partial charge >= 0.3 is 0 Å². The van der Waals surface area contributed by atoms with E-state index in [1.165, 1.54) is 38.9 Å². The second kappa shape index (κ2) is 4.51. The minimum absolute atomic E-state index is 0. The van der Waals surface area contributed by atoms with E-state index < -0.39 is 0 Å². The molecule has 2 nitrogen and oxygen atoms in total. The lowest BCUT2D eigenvalue weighted by atomic mass is 9.97. The molecule has 0 aromatic rings. The standard InChI is InChI=1S/C7H14N2.2ClH/c1-2-7(9-4-1)3-5-8-6-7;;/h8-9H,1-6H2;2*1H. The molecule has 2 saturated heterocycles. The number of hydrogen-bond donors (Lipinski definition) is 2. The van der Waals surface area contributed by atoms with Gasteiger partial charge in [0.15, 0.2) is 0 Å². The number of halogens is 2. The van der Waals surface area contributed by atoms with Gasteiger partial charge in [0.25, 0.3) is 0 Å². The van der Waals surface area contributed by atoms with Crippen molar-refractivity contribution in [2.75, 3.05) is 19.6 Å². The first-order valence-electron chi connectivity index (χ1n) is 3.87. The van der Waals surface area contributed by atoms with Crippen molar-refractivity contribution in [1.29, 1.82) is 0 Å². The normalized spacial score (nSPS) is 34.9. The fraction of sp³-hybridized carbons (Fsp3) is 1.00. The van der Waals surface area contributed by atoms with Crippen molar-refractivity contribution in [2.24, 2.45) is 0 Å². The highest BCUT2D eigenvalue weighted by molar-refractivity contribution is 5.85. The van der Waals surface area contributed by atoms with Crippen LogP contribution in [0, 0.1) is 0 Å². The largest absolute Gasteiger partial charge is 0.315 e. The second-order valence-electron chi connectivity index (χ2n) is 3.24. The molecule has 4 heteroatoms. The Morgan fingerprint density at radius 1 is 1.00 bits per heavy atom. The van der Waals surface area contributed by atoms with Crippen LogP contribution in [0.2, 0.25) is 0 Å². The van der Waals surface area contributed by atoms with Crippen molar-refractivity contribution in [3.8, 4) is 0 Å². The quantitative estimate of drug-likeness (QED) is 0.606. The zero-order valence-corrected chi connectivity index (χ0v) is 8.19. The van der Waals surface area contributed by atoms with Crippen molar-refractivity contribution in [2.45, 2.75) is 24.8 Å². The third-order valence-electron chi connectivity index (χ3n) is 2.58. The Morgan fingerprint density at radius 3 is 2.27 bits per heavy atom. The van der Waals surface area contributed by atoms with E-state index in [1.807, 2.05) is 0 Å². The van der Waals surface area contributed by atoms with Crippen LogP contribution in [0.4, 0.5) is 0 Å². The molecule has 0 radical (unpaired) electrons. The van der Waals surface area contributed by atoms with E-state index in [1.54, 1.807) is 0 Å². The third-order valence-corrected chi connectivity index (χ3v) is 2.58. The second-order valence-corrected chi connectivity index (χ2v) is 3.24. The summed E-state index contributed by atoms with van der Waals surface area (Å²) in [6.45, 7) is 3.65. The Bertz CT molecular complexity index is 89.5. The highest BCUT2D eigenvalue weighted by Crippen LogP contribution is 2.24. The maximum atomic E-state index is 3.57. The van der Waals surface area contributed by atoms with Gasteiger partial charge < -0.3 is 10.6 Å². The third kappa shape index (κ3) is 2.22. The van der Waals surface area contributed by atoms with E-state index >= 15 is 0 Å². The summed E-state index contributed by atoms with van der Waals surface area (Å²) in [4.78, 5) is 0. The van der Waals surface area contributed by atoms with E-state index in [2.05, 4.69) is 10.6 Å². The summed E-state index contributed by atoms with van der Waals surface area (Å²) in [5.41, 5.74) is 0.528. The van der Waals surface area contributed by atoms with E-state index in [9.17, 15) is 0 Å². The van der Waals surface area contributed by atoms with Crippen molar-refractivity contribution in [3.05, 3.63) is 0 Å². The predicted octanol–water partition coefficient (Wildman–Crippen LogP) is 0.945. The molecule has 0 saturated carbocycles. The summed E-state index contributed by atoms with van der Waals surface area (Å²) >= 11 is 0. The predicted molar refractivity (Wildman–Crippen MR) is 52.0 cm³/mol. The highest BCUT2D eigenvalue weighted by atomic mass is 35.5. The first-order chi connectivity index (χ1) is 4.41. The molecule has 2 aliphatic rings. The number of nitrogens with one attached hydrogen (secondary N) is 2. The molecule has 1 unspecified atom stereocenters. The van der Waals surface area contributed by atoms with Crippen molar-refractivity contribution in [1.82, 2.24) is 10.6 Å². The van der Waals surface area contributed by atoms with Crippen molar-refractivity contribution < 1.29 is 0 Å². The van der Waals surface area contributed by atoms with Crippen LogP contribution in [0.3, 0.4) is 0 Å². The van der Waals surface area contributed by atoms with Gasteiger partial charge in [0.2, 0.25) is 0 Å². The number of hydrogen-bond acceptors (Lipinski definition) is 2. The fourth-order valence-corrected chi connectivity index (χ4v) is 1.98. The SMILES string of the molecule is C1CNC2(C1)CCNC2.Cl.Cl.